The zero-order valence-electron chi connectivity index (χ0n) is 13.1. The molecular weight excluding hydrogens is 278 g/mol. The van der Waals surface area contributed by atoms with Crippen LogP contribution >= 0.6 is 0 Å². The first-order valence-electron chi connectivity index (χ1n) is 7.35. The maximum absolute atomic E-state index is 12.7. The predicted molar refractivity (Wildman–Crippen MR) is 86.9 cm³/mol. The normalized spacial score (nSPS) is 13.8. The standard InChI is InChI=1S/C18H21NO3/c1-12(2)18(3,11-16(20)21)19-17(22)15-10-6-8-13-7-4-5-9-14(13)15/h4-10,12H,11H2,1-3H3,(H,19,22)(H,20,21). The van der Waals surface area contributed by atoms with Crippen molar-refractivity contribution in [2.24, 2.45) is 5.92 Å². The van der Waals surface area contributed by atoms with E-state index < -0.39 is 11.5 Å². The van der Waals surface area contributed by atoms with Crippen LogP contribution in [0.25, 0.3) is 10.8 Å². The number of fused-ring (bicyclic) bond motifs is 1. The molecule has 1 unspecified atom stereocenters. The summed E-state index contributed by atoms with van der Waals surface area (Å²) < 4.78 is 0. The van der Waals surface area contributed by atoms with Crippen LogP contribution in [0, 0.1) is 5.92 Å². The topological polar surface area (TPSA) is 66.4 Å². The number of amides is 1. The van der Waals surface area contributed by atoms with Gasteiger partial charge in [-0.15, -0.1) is 0 Å². The van der Waals surface area contributed by atoms with Gasteiger partial charge in [0.1, 0.15) is 0 Å². The molecule has 0 spiro atoms. The predicted octanol–water partition coefficient (Wildman–Crippen LogP) is 3.46. The second-order valence-electron chi connectivity index (χ2n) is 6.12. The van der Waals surface area contributed by atoms with Crippen molar-refractivity contribution in [2.45, 2.75) is 32.7 Å². The van der Waals surface area contributed by atoms with E-state index in [1.54, 1.807) is 13.0 Å². The minimum absolute atomic E-state index is 0.00234. The van der Waals surface area contributed by atoms with Gasteiger partial charge < -0.3 is 10.4 Å². The fourth-order valence-corrected chi connectivity index (χ4v) is 2.46. The number of carbonyl (C=O) groups is 2. The fourth-order valence-electron chi connectivity index (χ4n) is 2.46. The molecular formula is C18H21NO3. The largest absolute Gasteiger partial charge is 0.481 e. The van der Waals surface area contributed by atoms with Crippen LogP contribution < -0.4 is 5.32 Å². The monoisotopic (exact) mass is 299 g/mol. The van der Waals surface area contributed by atoms with Crippen molar-refractivity contribution in [3.8, 4) is 0 Å². The Bertz CT molecular complexity index is 703. The van der Waals surface area contributed by atoms with E-state index in [-0.39, 0.29) is 18.2 Å². The molecule has 1 amide bonds. The molecule has 0 fully saturated rings. The number of carboxylic acids is 1. The highest BCUT2D eigenvalue weighted by molar-refractivity contribution is 6.07. The lowest BCUT2D eigenvalue weighted by Crippen LogP contribution is -2.51. The molecule has 2 rings (SSSR count). The highest BCUT2D eigenvalue weighted by atomic mass is 16.4. The number of hydrogen-bond donors (Lipinski definition) is 2. The van der Waals surface area contributed by atoms with Crippen molar-refractivity contribution >= 4 is 22.6 Å². The van der Waals surface area contributed by atoms with Crippen LogP contribution in [0.1, 0.15) is 37.6 Å². The van der Waals surface area contributed by atoms with Crippen molar-refractivity contribution in [3.63, 3.8) is 0 Å². The van der Waals surface area contributed by atoms with Gasteiger partial charge >= 0.3 is 5.97 Å². The first-order valence-corrected chi connectivity index (χ1v) is 7.35. The summed E-state index contributed by atoms with van der Waals surface area (Å²) in [6, 6.07) is 13.2. The van der Waals surface area contributed by atoms with E-state index in [4.69, 9.17) is 5.11 Å². The number of carboxylic acid groups (broad SMARTS) is 1. The number of hydrogen-bond acceptors (Lipinski definition) is 2. The summed E-state index contributed by atoms with van der Waals surface area (Å²) in [6.45, 7) is 5.59. The van der Waals surface area contributed by atoms with Gasteiger partial charge in [0.15, 0.2) is 0 Å². The molecule has 4 nitrogen and oxygen atoms in total. The zero-order valence-corrected chi connectivity index (χ0v) is 13.1. The van der Waals surface area contributed by atoms with Crippen LogP contribution in [-0.4, -0.2) is 22.5 Å². The number of carbonyl (C=O) groups excluding carboxylic acids is 1. The summed E-state index contributed by atoms with van der Waals surface area (Å²) in [4.78, 5) is 23.8. The van der Waals surface area contributed by atoms with Crippen molar-refractivity contribution in [3.05, 3.63) is 48.0 Å². The molecule has 1 atom stereocenters. The van der Waals surface area contributed by atoms with Gasteiger partial charge in [0.05, 0.1) is 12.0 Å². The fraction of sp³-hybridized carbons (Fsp3) is 0.333. The average molecular weight is 299 g/mol. The van der Waals surface area contributed by atoms with Gasteiger partial charge in [-0.2, -0.15) is 0 Å². The molecule has 0 aliphatic rings. The molecule has 4 heteroatoms. The lowest BCUT2D eigenvalue weighted by molar-refractivity contribution is -0.138. The maximum atomic E-state index is 12.7. The highest BCUT2D eigenvalue weighted by Gasteiger charge is 2.33. The van der Waals surface area contributed by atoms with Crippen LogP contribution in [0.15, 0.2) is 42.5 Å². The minimum Gasteiger partial charge on any atom is -0.481 e. The quantitative estimate of drug-likeness (QED) is 0.888. The van der Waals surface area contributed by atoms with E-state index in [2.05, 4.69) is 5.32 Å². The van der Waals surface area contributed by atoms with Gasteiger partial charge in [0.25, 0.3) is 5.91 Å². The molecule has 0 radical (unpaired) electrons. The van der Waals surface area contributed by atoms with Crippen LogP contribution in [0.2, 0.25) is 0 Å². The van der Waals surface area contributed by atoms with Crippen LogP contribution in [0.5, 0.6) is 0 Å². The van der Waals surface area contributed by atoms with Gasteiger partial charge in [0, 0.05) is 5.56 Å². The van der Waals surface area contributed by atoms with E-state index in [1.807, 2.05) is 50.2 Å². The SMILES string of the molecule is CC(C)C(C)(CC(=O)O)NC(=O)c1cccc2ccccc12. The van der Waals surface area contributed by atoms with Gasteiger partial charge in [-0.05, 0) is 29.7 Å². The molecule has 0 saturated carbocycles. The molecule has 0 saturated heterocycles. The second-order valence-corrected chi connectivity index (χ2v) is 6.12. The molecule has 22 heavy (non-hydrogen) atoms. The summed E-state index contributed by atoms with van der Waals surface area (Å²) in [5.74, 6) is -1.16. The molecule has 116 valence electrons. The zero-order chi connectivity index (χ0) is 16.3. The van der Waals surface area contributed by atoms with E-state index in [0.717, 1.165) is 10.8 Å². The summed E-state index contributed by atoms with van der Waals surface area (Å²) in [7, 11) is 0. The maximum Gasteiger partial charge on any atom is 0.305 e. The number of nitrogens with one attached hydrogen (secondary N) is 1. The lowest BCUT2D eigenvalue weighted by Gasteiger charge is -2.33. The molecule has 0 bridgehead atoms. The Morgan fingerprint density at radius 1 is 1.14 bits per heavy atom. The smallest absolute Gasteiger partial charge is 0.305 e. The molecule has 0 aromatic heterocycles. The summed E-state index contributed by atoms with van der Waals surface area (Å²) in [6.07, 6.45) is -0.110. The Hall–Kier alpha value is -2.36. The first kappa shape index (κ1) is 16.0. The minimum atomic E-state index is -0.922. The number of benzene rings is 2. The Kier molecular flexibility index (Phi) is 4.50. The van der Waals surface area contributed by atoms with Crippen LogP contribution in [0.4, 0.5) is 0 Å². The van der Waals surface area contributed by atoms with E-state index in [9.17, 15) is 9.59 Å². The average Bonchev–Trinajstić information content (AvgIpc) is 2.45. The highest BCUT2D eigenvalue weighted by Crippen LogP contribution is 2.24. The third kappa shape index (κ3) is 3.27. The third-order valence-electron chi connectivity index (χ3n) is 4.23. The Balaban J connectivity index is 2.36. The van der Waals surface area contributed by atoms with Crippen molar-refractivity contribution in [2.75, 3.05) is 0 Å². The Labute approximate surface area is 130 Å². The van der Waals surface area contributed by atoms with E-state index in [0.29, 0.717) is 5.56 Å². The third-order valence-corrected chi connectivity index (χ3v) is 4.23. The lowest BCUT2D eigenvalue weighted by atomic mass is 9.84. The summed E-state index contributed by atoms with van der Waals surface area (Å²) in [5.41, 5.74) is -0.227. The van der Waals surface area contributed by atoms with E-state index >= 15 is 0 Å². The van der Waals surface area contributed by atoms with E-state index in [1.165, 1.54) is 0 Å². The Morgan fingerprint density at radius 3 is 2.41 bits per heavy atom. The van der Waals surface area contributed by atoms with Gasteiger partial charge in [-0.1, -0.05) is 50.2 Å². The van der Waals surface area contributed by atoms with Crippen molar-refractivity contribution < 1.29 is 14.7 Å². The Morgan fingerprint density at radius 2 is 1.77 bits per heavy atom. The van der Waals surface area contributed by atoms with Crippen molar-refractivity contribution in [1.29, 1.82) is 0 Å². The molecule has 2 aromatic carbocycles. The van der Waals surface area contributed by atoms with Crippen molar-refractivity contribution in [1.82, 2.24) is 5.32 Å². The molecule has 0 heterocycles. The molecule has 0 aliphatic carbocycles. The van der Waals surface area contributed by atoms with Crippen LogP contribution in [-0.2, 0) is 4.79 Å². The molecule has 2 N–H and O–H groups in total. The molecule has 2 aromatic rings. The number of aliphatic carboxylic acids is 1. The van der Waals surface area contributed by atoms with Gasteiger partial charge in [0.2, 0.25) is 0 Å². The first-order chi connectivity index (χ1) is 10.3. The van der Waals surface area contributed by atoms with Crippen LogP contribution in [0.3, 0.4) is 0 Å². The van der Waals surface area contributed by atoms with Gasteiger partial charge in [-0.3, -0.25) is 9.59 Å². The second kappa shape index (κ2) is 6.18. The summed E-state index contributed by atoms with van der Waals surface area (Å²) in [5, 5.41) is 13.9. The summed E-state index contributed by atoms with van der Waals surface area (Å²) >= 11 is 0. The number of rotatable bonds is 5. The van der Waals surface area contributed by atoms with Gasteiger partial charge in [-0.25, -0.2) is 0 Å². The molecule has 0 aliphatic heterocycles.